The van der Waals surface area contributed by atoms with Crippen molar-refractivity contribution in [1.82, 2.24) is 19.7 Å². The summed E-state index contributed by atoms with van der Waals surface area (Å²) in [5, 5.41) is 9.42. The first-order chi connectivity index (χ1) is 13.6. The fourth-order valence-corrected chi connectivity index (χ4v) is 2.95. The molecule has 0 aromatic carbocycles. The van der Waals surface area contributed by atoms with E-state index in [1.54, 1.807) is 18.9 Å². The van der Waals surface area contributed by atoms with Gasteiger partial charge >= 0.3 is 6.18 Å². The highest BCUT2D eigenvalue weighted by Gasteiger charge is 2.36. The molecule has 0 spiro atoms. The Morgan fingerprint density at radius 1 is 1.41 bits per heavy atom. The number of nitrogens with zero attached hydrogens (tertiary/aromatic N) is 5. The summed E-state index contributed by atoms with van der Waals surface area (Å²) in [6.07, 6.45) is -1.70. The number of nitrogens with one attached hydrogen (secondary N) is 2. The van der Waals surface area contributed by atoms with Gasteiger partial charge in [-0.2, -0.15) is 23.3 Å². The number of aromatic nitrogens is 4. The SMILES string of the molecule is C=C(OC)[C@H]1C(=O)Nc2c(C)nc(NCc3cnn(CC(F)(F)F)c3)nc2N1C. The third-order valence-electron chi connectivity index (χ3n) is 4.33. The van der Waals surface area contributed by atoms with Crippen molar-refractivity contribution in [2.24, 2.45) is 0 Å². The van der Waals surface area contributed by atoms with Crippen LogP contribution in [0.2, 0.25) is 0 Å². The maximum Gasteiger partial charge on any atom is 0.408 e. The standard InChI is InChI=1S/C17H20F3N7O2/c1-9-12-14(26(3)13(10(2)29-4)15(28)24-12)25-16(23-9)21-5-11-6-22-27(7-11)8-17(18,19)20/h6-7,13H,2,5,8H2,1,3-4H3,(H,24,28)(H,21,23,25)/t13-/m0/s1. The molecular weight excluding hydrogens is 391 g/mol. The number of anilines is 3. The van der Waals surface area contributed by atoms with E-state index in [4.69, 9.17) is 4.74 Å². The van der Waals surface area contributed by atoms with E-state index in [-0.39, 0.29) is 24.2 Å². The molecule has 1 atom stereocenters. The number of fused-ring (bicyclic) bond motifs is 1. The molecule has 29 heavy (non-hydrogen) atoms. The number of alkyl halides is 3. The van der Waals surface area contributed by atoms with Crippen molar-refractivity contribution in [2.75, 3.05) is 29.7 Å². The number of methoxy groups -OCH3 is 1. The van der Waals surface area contributed by atoms with Crippen LogP contribution in [0.3, 0.4) is 0 Å². The highest BCUT2D eigenvalue weighted by molar-refractivity contribution is 6.04. The highest BCUT2D eigenvalue weighted by atomic mass is 19.4. The second-order valence-electron chi connectivity index (χ2n) is 6.52. The highest BCUT2D eigenvalue weighted by Crippen LogP contribution is 2.34. The topological polar surface area (TPSA) is 97.2 Å². The molecule has 2 aromatic heterocycles. The molecule has 3 heterocycles. The fraction of sp³-hybridized carbons (Fsp3) is 0.412. The van der Waals surface area contributed by atoms with Crippen LogP contribution in [0.25, 0.3) is 0 Å². The van der Waals surface area contributed by atoms with E-state index in [0.717, 1.165) is 4.68 Å². The fourth-order valence-electron chi connectivity index (χ4n) is 2.95. The van der Waals surface area contributed by atoms with Crippen molar-refractivity contribution in [1.29, 1.82) is 0 Å². The van der Waals surface area contributed by atoms with Gasteiger partial charge in [0, 0.05) is 25.4 Å². The maximum absolute atomic E-state index is 12.4. The van der Waals surface area contributed by atoms with Crippen LogP contribution in [-0.4, -0.2) is 52.0 Å². The lowest BCUT2D eigenvalue weighted by Gasteiger charge is -2.34. The van der Waals surface area contributed by atoms with Gasteiger partial charge in [0.15, 0.2) is 11.9 Å². The number of carbonyl (C=O) groups excluding carboxylic acids is 1. The summed E-state index contributed by atoms with van der Waals surface area (Å²) in [5.41, 5.74) is 1.55. The van der Waals surface area contributed by atoms with E-state index < -0.39 is 18.8 Å². The van der Waals surface area contributed by atoms with E-state index in [0.29, 0.717) is 22.8 Å². The molecule has 0 fully saturated rings. The second-order valence-corrected chi connectivity index (χ2v) is 6.52. The third-order valence-corrected chi connectivity index (χ3v) is 4.33. The van der Waals surface area contributed by atoms with E-state index in [9.17, 15) is 18.0 Å². The molecule has 156 valence electrons. The first-order valence-electron chi connectivity index (χ1n) is 8.56. The Hall–Kier alpha value is -3.31. The van der Waals surface area contributed by atoms with Crippen molar-refractivity contribution in [3.8, 4) is 0 Å². The number of halogens is 3. The number of likely N-dealkylation sites (N-methyl/N-ethyl adjacent to an activating group) is 1. The van der Waals surface area contributed by atoms with Gasteiger partial charge < -0.3 is 20.3 Å². The van der Waals surface area contributed by atoms with Crippen molar-refractivity contribution in [3.63, 3.8) is 0 Å². The largest absolute Gasteiger partial charge is 0.499 e. The Morgan fingerprint density at radius 2 is 2.14 bits per heavy atom. The molecule has 0 bridgehead atoms. The van der Waals surface area contributed by atoms with Crippen LogP contribution in [-0.2, 0) is 22.6 Å². The van der Waals surface area contributed by atoms with E-state index >= 15 is 0 Å². The molecule has 1 aliphatic heterocycles. The maximum atomic E-state index is 12.4. The number of hydrogen-bond donors (Lipinski definition) is 2. The van der Waals surface area contributed by atoms with Crippen LogP contribution in [0.4, 0.5) is 30.6 Å². The lowest BCUT2D eigenvalue weighted by atomic mass is 10.1. The van der Waals surface area contributed by atoms with Crippen LogP contribution in [0.1, 0.15) is 11.3 Å². The molecule has 0 saturated carbocycles. The Morgan fingerprint density at radius 3 is 2.79 bits per heavy atom. The van der Waals surface area contributed by atoms with Crippen LogP contribution in [0.5, 0.6) is 0 Å². The number of hydrogen-bond acceptors (Lipinski definition) is 7. The number of rotatable bonds is 6. The van der Waals surface area contributed by atoms with Crippen molar-refractivity contribution in [3.05, 3.63) is 36.0 Å². The Kier molecular flexibility index (Phi) is 5.36. The van der Waals surface area contributed by atoms with E-state index in [1.165, 1.54) is 19.5 Å². The van der Waals surface area contributed by atoms with Gasteiger partial charge in [0.05, 0.1) is 19.0 Å². The van der Waals surface area contributed by atoms with E-state index in [1.807, 2.05) is 0 Å². The average molecular weight is 411 g/mol. The molecule has 0 saturated heterocycles. The Labute approximate surface area is 164 Å². The molecule has 9 nitrogen and oxygen atoms in total. The Bertz CT molecular complexity index is 942. The molecule has 3 rings (SSSR count). The van der Waals surface area contributed by atoms with Crippen molar-refractivity contribution in [2.45, 2.75) is 32.2 Å². The number of amides is 1. The average Bonchev–Trinajstić information content (AvgIpc) is 3.06. The molecule has 12 heteroatoms. The summed E-state index contributed by atoms with van der Waals surface area (Å²) in [7, 11) is 3.11. The van der Waals surface area contributed by atoms with Gasteiger partial charge in [-0.25, -0.2) is 4.98 Å². The quantitative estimate of drug-likeness (QED) is 0.703. The van der Waals surface area contributed by atoms with Crippen LogP contribution < -0.4 is 15.5 Å². The van der Waals surface area contributed by atoms with Crippen molar-refractivity contribution >= 4 is 23.4 Å². The van der Waals surface area contributed by atoms with E-state index in [2.05, 4.69) is 32.3 Å². The van der Waals surface area contributed by atoms with Gasteiger partial charge in [0.2, 0.25) is 5.95 Å². The predicted octanol–water partition coefficient (Wildman–Crippen LogP) is 2.07. The monoisotopic (exact) mass is 411 g/mol. The number of aryl methyl sites for hydroxylation is 1. The zero-order valence-corrected chi connectivity index (χ0v) is 16.0. The lowest BCUT2D eigenvalue weighted by Crippen LogP contribution is -2.48. The van der Waals surface area contributed by atoms with Crippen LogP contribution in [0.15, 0.2) is 24.7 Å². The summed E-state index contributed by atoms with van der Waals surface area (Å²) >= 11 is 0. The van der Waals surface area contributed by atoms with Gasteiger partial charge in [0.25, 0.3) is 5.91 Å². The first-order valence-corrected chi connectivity index (χ1v) is 8.56. The summed E-state index contributed by atoms with van der Waals surface area (Å²) in [6.45, 7) is 4.49. The summed E-state index contributed by atoms with van der Waals surface area (Å²) in [6, 6.07) is -0.754. The first kappa shape index (κ1) is 20.4. The van der Waals surface area contributed by atoms with Gasteiger partial charge in [-0.05, 0) is 6.92 Å². The zero-order chi connectivity index (χ0) is 21.3. The third kappa shape index (κ3) is 4.41. The van der Waals surface area contributed by atoms with Gasteiger partial charge in [-0.1, -0.05) is 6.58 Å². The number of ether oxygens (including phenoxy) is 1. The molecule has 1 aliphatic rings. The molecule has 0 unspecified atom stereocenters. The lowest BCUT2D eigenvalue weighted by molar-refractivity contribution is -0.142. The normalized spacial score (nSPS) is 16.3. The van der Waals surface area contributed by atoms with Gasteiger partial charge in [-0.3, -0.25) is 9.48 Å². The minimum absolute atomic E-state index is 0.181. The molecule has 1 amide bonds. The van der Waals surface area contributed by atoms with Crippen molar-refractivity contribution < 1.29 is 22.7 Å². The van der Waals surface area contributed by atoms with Crippen LogP contribution >= 0.6 is 0 Å². The predicted molar refractivity (Wildman–Crippen MR) is 99.3 cm³/mol. The summed E-state index contributed by atoms with van der Waals surface area (Å²) < 4.78 is 43.2. The van der Waals surface area contributed by atoms with Crippen LogP contribution in [0, 0.1) is 6.92 Å². The van der Waals surface area contributed by atoms with Gasteiger partial charge in [0.1, 0.15) is 18.0 Å². The second kappa shape index (κ2) is 7.60. The summed E-state index contributed by atoms with van der Waals surface area (Å²) in [5.74, 6) is 0.681. The molecular formula is C17H20F3N7O2. The molecule has 0 radical (unpaired) electrons. The smallest absolute Gasteiger partial charge is 0.408 e. The minimum atomic E-state index is -4.34. The summed E-state index contributed by atoms with van der Waals surface area (Å²) in [4.78, 5) is 22.7. The Balaban J connectivity index is 1.78. The minimum Gasteiger partial charge on any atom is -0.499 e. The zero-order valence-electron chi connectivity index (χ0n) is 16.0. The van der Waals surface area contributed by atoms with Gasteiger partial charge in [-0.15, -0.1) is 0 Å². The molecule has 2 aromatic rings. The molecule has 0 aliphatic carbocycles. The number of carbonyl (C=O) groups is 1. The molecule has 2 N–H and O–H groups in total.